The van der Waals surface area contributed by atoms with Crippen LogP contribution in [0.3, 0.4) is 0 Å². The van der Waals surface area contributed by atoms with Crippen LogP contribution < -0.4 is 5.06 Å². The number of hydroxylamine groups is 1. The largest absolute Gasteiger partial charge is 0.288 e. The highest BCUT2D eigenvalue weighted by molar-refractivity contribution is 6.39. The van der Waals surface area contributed by atoms with Gasteiger partial charge >= 0.3 is 0 Å². The Morgan fingerprint density at radius 3 is 2.25 bits per heavy atom. The summed E-state index contributed by atoms with van der Waals surface area (Å²) in [5, 5.41) is 13.0. The third-order valence-corrected chi connectivity index (χ3v) is 6.41. The van der Waals surface area contributed by atoms with Crippen molar-refractivity contribution in [3.8, 4) is 0 Å². The normalized spacial score (nSPS) is 19.8. The van der Waals surface area contributed by atoms with Crippen molar-refractivity contribution in [1.29, 1.82) is 0 Å². The summed E-state index contributed by atoms with van der Waals surface area (Å²) in [5.74, 6) is 0.680. The fraction of sp³-hybridized carbons (Fsp3) is 0.500. The maximum absolute atomic E-state index is 10.9. The van der Waals surface area contributed by atoms with Gasteiger partial charge in [-0.2, -0.15) is 0 Å². The molecule has 3 rings (SSSR count). The smallest absolute Gasteiger partial charge is 0.104 e. The number of halogens is 3. The van der Waals surface area contributed by atoms with E-state index in [1.807, 2.05) is 30.3 Å². The van der Waals surface area contributed by atoms with Gasteiger partial charge in [0.2, 0.25) is 0 Å². The van der Waals surface area contributed by atoms with E-state index in [4.69, 9.17) is 23.2 Å². The molecular formula is C22H29Cl3N2O. The van der Waals surface area contributed by atoms with E-state index in [2.05, 4.69) is 25.8 Å². The number of rotatable bonds is 4. The summed E-state index contributed by atoms with van der Waals surface area (Å²) in [5.41, 5.74) is 2.64. The van der Waals surface area contributed by atoms with Crippen molar-refractivity contribution in [2.24, 2.45) is 11.3 Å². The number of anilines is 1. The number of aromatic nitrogens is 1. The number of nitrogens with zero attached hydrogens (tertiary/aromatic N) is 2. The Kier molecular flexibility index (Phi) is 8.04. The van der Waals surface area contributed by atoms with Crippen molar-refractivity contribution in [2.45, 2.75) is 58.9 Å². The van der Waals surface area contributed by atoms with Gasteiger partial charge in [-0.1, -0.05) is 74.3 Å². The van der Waals surface area contributed by atoms with E-state index in [0.29, 0.717) is 33.5 Å². The Hall–Kier alpha value is -1.000. The molecule has 1 aliphatic carbocycles. The topological polar surface area (TPSA) is 36.4 Å². The second kappa shape index (κ2) is 9.67. The lowest BCUT2D eigenvalue weighted by molar-refractivity contribution is 0.126. The molecule has 0 unspecified atom stereocenters. The molecular weight excluding hydrogens is 415 g/mol. The zero-order valence-electron chi connectivity index (χ0n) is 16.7. The van der Waals surface area contributed by atoms with Crippen LogP contribution in [0.2, 0.25) is 10.0 Å². The van der Waals surface area contributed by atoms with Crippen molar-refractivity contribution in [2.75, 3.05) is 5.06 Å². The summed E-state index contributed by atoms with van der Waals surface area (Å²) >= 11 is 13.0. The van der Waals surface area contributed by atoms with Gasteiger partial charge in [-0.15, -0.1) is 12.4 Å². The predicted molar refractivity (Wildman–Crippen MR) is 120 cm³/mol. The second-order valence-electron chi connectivity index (χ2n) is 8.59. The molecule has 154 valence electrons. The van der Waals surface area contributed by atoms with Crippen LogP contribution in [0.1, 0.15) is 57.7 Å². The van der Waals surface area contributed by atoms with Gasteiger partial charge in [0, 0.05) is 12.6 Å². The molecule has 1 fully saturated rings. The summed E-state index contributed by atoms with van der Waals surface area (Å²) in [6.45, 7) is 6.88. The first-order valence-corrected chi connectivity index (χ1v) is 10.4. The standard InChI is InChI=1S/C22H28Cl2N2O.ClH/c1-22(2,3)16-9-11-17(12-10-16)26(27)21-18(23)14-25-19(20(21)24)13-15-7-5-4-6-8-15;/h4-8,14,16-17,27H,9-13H2,1-3H3;1H. The molecule has 1 saturated carbocycles. The molecule has 1 heterocycles. The molecule has 6 heteroatoms. The third-order valence-electron chi connectivity index (χ3n) is 5.73. The molecule has 0 saturated heterocycles. The Labute approximate surface area is 184 Å². The van der Waals surface area contributed by atoms with Gasteiger partial charge in [-0.3, -0.25) is 15.3 Å². The predicted octanol–water partition coefficient (Wildman–Crippen LogP) is 7.20. The molecule has 1 N–H and O–H groups in total. The SMILES string of the molecule is CC(C)(C)C1CCC(N(O)c2c(Cl)cnc(Cc3ccccc3)c2Cl)CC1.Cl. The minimum atomic E-state index is 0. The average Bonchev–Trinajstić information content (AvgIpc) is 2.64. The molecule has 1 aromatic carbocycles. The van der Waals surface area contributed by atoms with Crippen molar-refractivity contribution in [3.63, 3.8) is 0 Å². The summed E-state index contributed by atoms with van der Waals surface area (Å²) in [4.78, 5) is 4.40. The maximum atomic E-state index is 10.9. The van der Waals surface area contributed by atoms with E-state index in [1.54, 1.807) is 6.20 Å². The van der Waals surface area contributed by atoms with Gasteiger partial charge in [0.1, 0.15) is 5.69 Å². The minimum absolute atomic E-state index is 0. The first-order chi connectivity index (χ1) is 12.8. The van der Waals surface area contributed by atoms with E-state index in [-0.39, 0.29) is 18.4 Å². The van der Waals surface area contributed by atoms with Crippen LogP contribution in [0.5, 0.6) is 0 Å². The van der Waals surface area contributed by atoms with Crippen molar-refractivity contribution in [3.05, 3.63) is 57.8 Å². The highest BCUT2D eigenvalue weighted by Crippen LogP contribution is 2.42. The van der Waals surface area contributed by atoms with Crippen molar-refractivity contribution < 1.29 is 5.21 Å². The lowest BCUT2D eigenvalue weighted by Gasteiger charge is -2.39. The molecule has 0 spiro atoms. The van der Waals surface area contributed by atoms with E-state index < -0.39 is 0 Å². The average molecular weight is 444 g/mol. The highest BCUT2D eigenvalue weighted by atomic mass is 35.5. The molecule has 3 nitrogen and oxygen atoms in total. The van der Waals surface area contributed by atoms with Crippen molar-refractivity contribution in [1.82, 2.24) is 4.98 Å². The van der Waals surface area contributed by atoms with Crippen LogP contribution >= 0.6 is 35.6 Å². The Morgan fingerprint density at radius 1 is 1.07 bits per heavy atom. The lowest BCUT2D eigenvalue weighted by Crippen LogP contribution is -2.38. The first-order valence-electron chi connectivity index (χ1n) is 9.62. The Bertz CT molecular complexity index is 769. The summed E-state index contributed by atoms with van der Waals surface area (Å²) in [7, 11) is 0. The van der Waals surface area contributed by atoms with Crippen LogP contribution in [0.15, 0.2) is 36.5 Å². The van der Waals surface area contributed by atoms with Gasteiger partial charge in [0.25, 0.3) is 0 Å². The second-order valence-corrected chi connectivity index (χ2v) is 9.38. The molecule has 0 radical (unpaired) electrons. The molecule has 28 heavy (non-hydrogen) atoms. The number of hydrogen-bond donors (Lipinski definition) is 1. The van der Waals surface area contributed by atoms with Crippen LogP contribution in [-0.4, -0.2) is 16.2 Å². The highest BCUT2D eigenvalue weighted by Gasteiger charge is 2.33. The first kappa shape index (κ1) is 23.3. The number of benzene rings is 1. The monoisotopic (exact) mass is 442 g/mol. The zero-order chi connectivity index (χ0) is 19.6. The van der Waals surface area contributed by atoms with Crippen LogP contribution in [-0.2, 0) is 6.42 Å². The summed E-state index contributed by atoms with van der Waals surface area (Å²) in [6.07, 6.45) is 6.26. The van der Waals surface area contributed by atoms with Crippen LogP contribution in [0.25, 0.3) is 0 Å². The van der Waals surface area contributed by atoms with E-state index in [1.165, 1.54) is 5.06 Å². The van der Waals surface area contributed by atoms with E-state index in [9.17, 15) is 5.21 Å². The van der Waals surface area contributed by atoms with Crippen LogP contribution in [0, 0.1) is 11.3 Å². The van der Waals surface area contributed by atoms with E-state index in [0.717, 1.165) is 36.9 Å². The Balaban J connectivity index is 0.00000280. The fourth-order valence-electron chi connectivity index (χ4n) is 3.99. The van der Waals surface area contributed by atoms with Gasteiger partial charge < -0.3 is 0 Å². The fourth-order valence-corrected chi connectivity index (χ4v) is 4.57. The van der Waals surface area contributed by atoms with Gasteiger partial charge in [-0.05, 0) is 42.6 Å². The van der Waals surface area contributed by atoms with Gasteiger partial charge in [0.05, 0.1) is 21.8 Å². The minimum Gasteiger partial charge on any atom is -0.288 e. The molecule has 0 bridgehead atoms. The lowest BCUT2D eigenvalue weighted by atomic mass is 9.71. The molecule has 0 atom stereocenters. The maximum Gasteiger partial charge on any atom is 0.104 e. The van der Waals surface area contributed by atoms with Crippen LogP contribution in [0.4, 0.5) is 5.69 Å². The molecule has 0 aliphatic heterocycles. The molecule has 1 aromatic heterocycles. The number of pyridine rings is 1. The van der Waals surface area contributed by atoms with Crippen molar-refractivity contribution >= 4 is 41.3 Å². The molecule has 1 aliphatic rings. The van der Waals surface area contributed by atoms with E-state index >= 15 is 0 Å². The number of hydrogen-bond acceptors (Lipinski definition) is 3. The molecule has 0 amide bonds. The summed E-state index contributed by atoms with van der Waals surface area (Å²) < 4.78 is 0. The van der Waals surface area contributed by atoms with Gasteiger partial charge in [-0.25, -0.2) is 0 Å². The third kappa shape index (κ3) is 5.33. The Morgan fingerprint density at radius 2 is 1.68 bits per heavy atom. The molecule has 2 aromatic rings. The quantitative estimate of drug-likeness (QED) is 0.507. The summed E-state index contributed by atoms with van der Waals surface area (Å²) in [6, 6.07) is 10.1. The van der Waals surface area contributed by atoms with Gasteiger partial charge in [0.15, 0.2) is 0 Å². The zero-order valence-corrected chi connectivity index (χ0v) is 19.0.